The maximum atomic E-state index is 13.1. The first-order valence-corrected chi connectivity index (χ1v) is 7.50. The molecule has 2 aromatic rings. The normalized spacial score (nSPS) is 10.3. The van der Waals surface area contributed by atoms with Crippen molar-refractivity contribution in [1.29, 1.82) is 0 Å². The molecule has 0 aliphatic carbocycles. The minimum absolute atomic E-state index is 0.199. The zero-order chi connectivity index (χ0) is 16.5. The average Bonchev–Trinajstić information content (AvgIpc) is 2.57. The molecule has 0 saturated carbocycles. The van der Waals surface area contributed by atoms with Crippen LogP contribution in [0.1, 0.15) is 24.5 Å². The van der Waals surface area contributed by atoms with Crippen molar-refractivity contribution in [1.82, 2.24) is 5.32 Å². The molecule has 0 unspecified atom stereocenters. The Bertz CT molecular complexity index is 628. The van der Waals surface area contributed by atoms with Crippen LogP contribution in [0, 0.1) is 5.82 Å². The third kappa shape index (κ3) is 6.08. The first kappa shape index (κ1) is 17.0. The maximum Gasteiger partial charge on any atom is 0.306 e. The van der Waals surface area contributed by atoms with Crippen molar-refractivity contribution in [2.75, 3.05) is 6.73 Å². The Hall–Kier alpha value is -2.40. The molecule has 4 nitrogen and oxygen atoms in total. The van der Waals surface area contributed by atoms with Gasteiger partial charge in [-0.2, -0.15) is 0 Å². The second-order valence-electron chi connectivity index (χ2n) is 5.00. The van der Waals surface area contributed by atoms with Crippen molar-refractivity contribution in [2.24, 2.45) is 0 Å². The van der Waals surface area contributed by atoms with Gasteiger partial charge in [0.2, 0.25) is 0 Å². The summed E-state index contributed by atoms with van der Waals surface area (Å²) in [6.45, 7) is 2.87. The van der Waals surface area contributed by atoms with Crippen molar-refractivity contribution in [3.05, 3.63) is 65.5 Å². The SMILES string of the molecule is CCC(=O)OCNCc1ccc(OCc2cccc(F)c2)cc1. The number of rotatable bonds is 8. The van der Waals surface area contributed by atoms with Gasteiger partial charge in [0.15, 0.2) is 0 Å². The molecule has 0 aromatic heterocycles. The van der Waals surface area contributed by atoms with Crippen LogP contribution in [0.3, 0.4) is 0 Å². The van der Waals surface area contributed by atoms with Crippen molar-refractivity contribution in [3.63, 3.8) is 0 Å². The molecule has 2 rings (SSSR count). The number of carbonyl (C=O) groups is 1. The zero-order valence-electron chi connectivity index (χ0n) is 13.0. The highest BCUT2D eigenvalue weighted by Gasteiger charge is 2.00. The first-order valence-electron chi connectivity index (χ1n) is 7.50. The predicted molar refractivity (Wildman–Crippen MR) is 85.3 cm³/mol. The number of halogens is 1. The lowest BCUT2D eigenvalue weighted by Gasteiger charge is -2.08. The highest BCUT2D eigenvalue weighted by atomic mass is 19.1. The van der Waals surface area contributed by atoms with Gasteiger partial charge in [0, 0.05) is 13.0 Å². The van der Waals surface area contributed by atoms with E-state index in [9.17, 15) is 9.18 Å². The van der Waals surface area contributed by atoms with Gasteiger partial charge >= 0.3 is 5.97 Å². The highest BCUT2D eigenvalue weighted by molar-refractivity contribution is 5.68. The van der Waals surface area contributed by atoms with Gasteiger partial charge in [-0.05, 0) is 35.4 Å². The van der Waals surface area contributed by atoms with Crippen molar-refractivity contribution in [2.45, 2.75) is 26.5 Å². The first-order chi connectivity index (χ1) is 11.2. The smallest absolute Gasteiger partial charge is 0.306 e. The van der Waals surface area contributed by atoms with Crippen LogP contribution in [-0.2, 0) is 22.7 Å². The molecule has 0 radical (unpaired) electrons. The summed E-state index contributed by atoms with van der Waals surface area (Å²) in [6.07, 6.45) is 0.374. The molecule has 0 saturated heterocycles. The lowest BCUT2D eigenvalue weighted by atomic mass is 10.2. The van der Waals surface area contributed by atoms with Crippen LogP contribution in [0.25, 0.3) is 0 Å². The van der Waals surface area contributed by atoms with Gasteiger partial charge in [-0.3, -0.25) is 10.1 Å². The average molecular weight is 317 g/mol. The van der Waals surface area contributed by atoms with Crippen molar-refractivity contribution < 1.29 is 18.7 Å². The third-order valence-corrected chi connectivity index (χ3v) is 3.17. The summed E-state index contributed by atoms with van der Waals surface area (Å²) in [4.78, 5) is 11.0. The zero-order valence-corrected chi connectivity index (χ0v) is 13.0. The van der Waals surface area contributed by atoms with E-state index in [-0.39, 0.29) is 18.5 Å². The molecule has 0 heterocycles. The monoisotopic (exact) mass is 317 g/mol. The largest absolute Gasteiger partial charge is 0.489 e. The topological polar surface area (TPSA) is 47.6 Å². The lowest BCUT2D eigenvalue weighted by molar-refractivity contribution is -0.144. The molecular weight excluding hydrogens is 297 g/mol. The Morgan fingerprint density at radius 3 is 2.61 bits per heavy atom. The minimum atomic E-state index is -0.267. The van der Waals surface area contributed by atoms with Crippen molar-refractivity contribution in [3.8, 4) is 5.75 Å². The Kier molecular flexibility index (Phi) is 6.56. The Morgan fingerprint density at radius 2 is 1.91 bits per heavy atom. The summed E-state index contributed by atoms with van der Waals surface area (Å²) >= 11 is 0. The van der Waals surface area contributed by atoms with Crippen LogP contribution in [-0.4, -0.2) is 12.7 Å². The number of esters is 1. The molecule has 0 spiro atoms. The highest BCUT2D eigenvalue weighted by Crippen LogP contribution is 2.14. The molecule has 122 valence electrons. The molecule has 0 aliphatic heterocycles. The number of hydrogen-bond donors (Lipinski definition) is 1. The predicted octanol–water partition coefficient (Wildman–Crippen LogP) is 3.41. The van der Waals surface area contributed by atoms with Crippen LogP contribution in [0.15, 0.2) is 48.5 Å². The van der Waals surface area contributed by atoms with Crippen molar-refractivity contribution >= 4 is 5.97 Å². The molecular formula is C18H20FNO3. The van der Waals surface area contributed by atoms with Gasteiger partial charge in [0.25, 0.3) is 0 Å². The Labute approximate surface area is 135 Å². The van der Waals surface area contributed by atoms with E-state index in [0.29, 0.717) is 19.6 Å². The van der Waals surface area contributed by atoms with E-state index in [4.69, 9.17) is 9.47 Å². The van der Waals surface area contributed by atoms with E-state index < -0.39 is 0 Å². The van der Waals surface area contributed by atoms with E-state index in [1.165, 1.54) is 12.1 Å². The van der Waals surface area contributed by atoms with E-state index in [2.05, 4.69) is 5.32 Å². The van der Waals surface area contributed by atoms with Gasteiger partial charge in [-0.15, -0.1) is 0 Å². The standard InChI is InChI=1S/C18H20FNO3/c1-2-18(21)23-13-20-11-14-6-8-17(9-7-14)22-12-15-4-3-5-16(19)10-15/h3-10,20H,2,11-13H2,1H3. The summed E-state index contributed by atoms with van der Waals surface area (Å²) in [5, 5.41) is 3.02. The molecule has 0 amide bonds. The fourth-order valence-corrected chi connectivity index (χ4v) is 1.93. The molecule has 23 heavy (non-hydrogen) atoms. The van der Waals surface area contributed by atoms with E-state index >= 15 is 0 Å². The van der Waals surface area contributed by atoms with Gasteiger partial charge in [0.1, 0.15) is 24.9 Å². The van der Waals surface area contributed by atoms with Gasteiger partial charge in [0.05, 0.1) is 0 Å². The fourth-order valence-electron chi connectivity index (χ4n) is 1.93. The summed E-state index contributed by atoms with van der Waals surface area (Å²) in [5.41, 5.74) is 1.84. The number of carbonyl (C=O) groups excluding carboxylic acids is 1. The summed E-state index contributed by atoms with van der Waals surface area (Å²) in [5.74, 6) is 0.227. The van der Waals surface area contributed by atoms with Crippen LogP contribution in [0.2, 0.25) is 0 Å². The number of hydrogen-bond acceptors (Lipinski definition) is 4. The lowest BCUT2D eigenvalue weighted by Crippen LogP contribution is -2.19. The van der Waals surface area contributed by atoms with Crippen LogP contribution in [0.4, 0.5) is 4.39 Å². The number of nitrogens with one attached hydrogen (secondary N) is 1. The molecule has 0 atom stereocenters. The van der Waals surface area contributed by atoms with Gasteiger partial charge < -0.3 is 9.47 Å². The van der Waals surface area contributed by atoms with Gasteiger partial charge in [-0.25, -0.2) is 4.39 Å². The second kappa shape index (κ2) is 8.90. The second-order valence-corrected chi connectivity index (χ2v) is 5.00. The summed E-state index contributed by atoms with van der Waals surface area (Å²) in [6, 6.07) is 13.9. The van der Waals surface area contributed by atoms with Crippen LogP contribution < -0.4 is 10.1 Å². The Balaban J connectivity index is 1.75. The quantitative estimate of drug-likeness (QED) is 0.460. The molecule has 5 heteroatoms. The van der Waals surface area contributed by atoms with Crippen LogP contribution >= 0.6 is 0 Å². The summed E-state index contributed by atoms with van der Waals surface area (Å²) < 4.78 is 23.6. The van der Waals surface area contributed by atoms with E-state index in [1.54, 1.807) is 13.0 Å². The molecule has 0 fully saturated rings. The number of benzene rings is 2. The number of ether oxygens (including phenoxy) is 2. The fraction of sp³-hybridized carbons (Fsp3) is 0.278. The molecule has 1 N–H and O–H groups in total. The molecule has 0 aliphatic rings. The van der Waals surface area contributed by atoms with Crippen LogP contribution in [0.5, 0.6) is 5.75 Å². The Morgan fingerprint density at radius 1 is 1.13 bits per heavy atom. The molecule has 2 aromatic carbocycles. The van der Waals surface area contributed by atoms with E-state index in [1.807, 2.05) is 30.3 Å². The van der Waals surface area contributed by atoms with Gasteiger partial charge in [-0.1, -0.05) is 31.2 Å². The van der Waals surface area contributed by atoms with E-state index in [0.717, 1.165) is 16.9 Å². The maximum absolute atomic E-state index is 13.1. The molecule has 0 bridgehead atoms. The summed E-state index contributed by atoms with van der Waals surface area (Å²) in [7, 11) is 0. The minimum Gasteiger partial charge on any atom is -0.489 e. The third-order valence-electron chi connectivity index (χ3n) is 3.17.